The minimum Gasteiger partial charge on any atom is -0.481 e. The second kappa shape index (κ2) is 8.82. The molecule has 1 atom stereocenters. The molecule has 0 fully saturated rings. The van der Waals surface area contributed by atoms with Gasteiger partial charge in [0.25, 0.3) is 5.91 Å². The predicted molar refractivity (Wildman–Crippen MR) is 97.3 cm³/mol. The molecule has 0 bridgehead atoms. The summed E-state index contributed by atoms with van der Waals surface area (Å²) in [5.41, 5.74) is 2.02. The van der Waals surface area contributed by atoms with Gasteiger partial charge < -0.3 is 9.47 Å². The van der Waals surface area contributed by atoms with Gasteiger partial charge in [-0.05, 0) is 38.0 Å². The Hall–Kier alpha value is -2.13. The molecule has 0 aliphatic heterocycles. The Morgan fingerprint density at radius 3 is 2.80 bits per heavy atom. The van der Waals surface area contributed by atoms with E-state index in [4.69, 9.17) is 4.74 Å². The molecule has 1 amide bonds. The van der Waals surface area contributed by atoms with Gasteiger partial charge in [-0.2, -0.15) is 0 Å². The topological polar surface area (TPSA) is 90.4 Å². The number of aryl methyl sites for hydroxylation is 2. The van der Waals surface area contributed by atoms with Crippen molar-refractivity contribution in [3.8, 4) is 5.75 Å². The van der Waals surface area contributed by atoms with Crippen molar-refractivity contribution in [1.29, 1.82) is 0 Å². The lowest BCUT2D eigenvalue weighted by molar-refractivity contribution is -0.137. The average Bonchev–Trinajstić information content (AvgIpc) is 3.03. The van der Waals surface area contributed by atoms with E-state index in [1.54, 1.807) is 6.92 Å². The number of esters is 1. The van der Waals surface area contributed by atoms with Crippen LogP contribution in [-0.4, -0.2) is 41.0 Å². The van der Waals surface area contributed by atoms with Crippen LogP contribution in [-0.2, 0) is 14.3 Å². The fraction of sp³-hybridized carbons (Fsp3) is 0.375. The van der Waals surface area contributed by atoms with E-state index >= 15 is 0 Å². The highest BCUT2D eigenvalue weighted by molar-refractivity contribution is 8.01. The standard InChI is InChI=1S/C16H19N3O4S2/c1-9-5-6-10(2)12(7-9)23-11(3)14(21)17-15-18-19-16(25-15)24-8-13(20)22-4/h5-7,11H,8H2,1-4H3,(H,17,18,21)/t11-/m0/s1. The molecule has 0 saturated heterocycles. The second-order valence-electron chi connectivity index (χ2n) is 5.26. The van der Waals surface area contributed by atoms with Crippen LogP contribution in [0.15, 0.2) is 22.5 Å². The smallest absolute Gasteiger partial charge is 0.316 e. The lowest BCUT2D eigenvalue weighted by Crippen LogP contribution is -2.30. The van der Waals surface area contributed by atoms with Crippen LogP contribution in [0.4, 0.5) is 5.13 Å². The SMILES string of the molecule is COC(=O)CSc1nnc(NC(=O)[C@H](C)Oc2cc(C)ccc2C)s1. The fourth-order valence-corrected chi connectivity index (χ4v) is 3.37. The van der Waals surface area contributed by atoms with E-state index in [2.05, 4.69) is 20.3 Å². The van der Waals surface area contributed by atoms with Crippen LogP contribution >= 0.6 is 23.1 Å². The van der Waals surface area contributed by atoms with Crippen LogP contribution in [0.5, 0.6) is 5.75 Å². The number of methoxy groups -OCH3 is 1. The number of nitrogens with one attached hydrogen (secondary N) is 1. The summed E-state index contributed by atoms with van der Waals surface area (Å²) in [6.45, 7) is 5.56. The minimum absolute atomic E-state index is 0.144. The van der Waals surface area contributed by atoms with Gasteiger partial charge in [-0.15, -0.1) is 10.2 Å². The van der Waals surface area contributed by atoms with Crippen LogP contribution in [0.3, 0.4) is 0 Å². The maximum absolute atomic E-state index is 12.3. The third-order valence-corrected chi connectivity index (χ3v) is 5.14. The van der Waals surface area contributed by atoms with Gasteiger partial charge in [0.2, 0.25) is 5.13 Å². The van der Waals surface area contributed by atoms with Crippen molar-refractivity contribution in [3.63, 3.8) is 0 Å². The number of rotatable bonds is 7. The number of benzene rings is 1. The monoisotopic (exact) mass is 381 g/mol. The summed E-state index contributed by atoms with van der Waals surface area (Å²) in [6.07, 6.45) is -0.685. The van der Waals surface area contributed by atoms with E-state index in [9.17, 15) is 9.59 Å². The van der Waals surface area contributed by atoms with Crippen molar-refractivity contribution in [2.45, 2.75) is 31.2 Å². The first-order valence-corrected chi connectivity index (χ1v) is 9.27. The maximum Gasteiger partial charge on any atom is 0.316 e. The number of hydrogen-bond donors (Lipinski definition) is 1. The van der Waals surface area contributed by atoms with Gasteiger partial charge >= 0.3 is 5.97 Å². The molecule has 1 N–H and O–H groups in total. The summed E-state index contributed by atoms with van der Waals surface area (Å²) < 4.78 is 10.9. The number of nitrogens with zero attached hydrogens (tertiary/aromatic N) is 2. The van der Waals surface area contributed by atoms with Crippen LogP contribution in [0.25, 0.3) is 0 Å². The van der Waals surface area contributed by atoms with Gasteiger partial charge in [0.1, 0.15) is 5.75 Å². The molecule has 0 aliphatic carbocycles. The fourth-order valence-electron chi connectivity index (χ4n) is 1.78. The minimum atomic E-state index is -0.685. The molecule has 1 aromatic heterocycles. The van der Waals surface area contributed by atoms with Gasteiger partial charge in [-0.25, -0.2) is 0 Å². The number of hydrogen-bond acceptors (Lipinski definition) is 8. The van der Waals surface area contributed by atoms with Crippen molar-refractivity contribution in [1.82, 2.24) is 10.2 Å². The Morgan fingerprint density at radius 1 is 1.32 bits per heavy atom. The second-order valence-corrected chi connectivity index (χ2v) is 7.46. The number of carbonyl (C=O) groups is 2. The van der Waals surface area contributed by atoms with Gasteiger partial charge in [0.05, 0.1) is 12.9 Å². The van der Waals surface area contributed by atoms with E-state index in [1.165, 1.54) is 30.2 Å². The summed E-state index contributed by atoms with van der Waals surface area (Å²) in [7, 11) is 1.33. The number of aromatic nitrogens is 2. The van der Waals surface area contributed by atoms with E-state index < -0.39 is 6.10 Å². The van der Waals surface area contributed by atoms with E-state index in [1.807, 2.05) is 32.0 Å². The summed E-state index contributed by atoms with van der Waals surface area (Å²) in [5, 5.41) is 10.8. The van der Waals surface area contributed by atoms with E-state index in [0.717, 1.165) is 11.1 Å². The first-order valence-electron chi connectivity index (χ1n) is 7.47. The van der Waals surface area contributed by atoms with Crippen molar-refractivity contribution in [3.05, 3.63) is 29.3 Å². The largest absolute Gasteiger partial charge is 0.481 e. The molecule has 1 heterocycles. The van der Waals surface area contributed by atoms with Gasteiger partial charge in [-0.3, -0.25) is 14.9 Å². The molecule has 9 heteroatoms. The zero-order chi connectivity index (χ0) is 18.4. The molecule has 0 spiro atoms. The molecule has 0 aliphatic rings. The van der Waals surface area contributed by atoms with Crippen molar-refractivity contribution in [2.24, 2.45) is 0 Å². The number of ether oxygens (including phenoxy) is 2. The van der Waals surface area contributed by atoms with Gasteiger partial charge in [-0.1, -0.05) is 35.2 Å². The molecule has 2 aromatic rings. The maximum atomic E-state index is 12.3. The highest BCUT2D eigenvalue weighted by atomic mass is 32.2. The average molecular weight is 381 g/mol. The van der Waals surface area contributed by atoms with Crippen LogP contribution in [0.2, 0.25) is 0 Å². The van der Waals surface area contributed by atoms with Crippen molar-refractivity contribution >= 4 is 40.1 Å². The molecule has 2 rings (SSSR count). The molecule has 1 aromatic carbocycles. The molecule has 7 nitrogen and oxygen atoms in total. The summed E-state index contributed by atoms with van der Waals surface area (Å²) in [4.78, 5) is 23.4. The van der Waals surface area contributed by atoms with Crippen LogP contribution < -0.4 is 10.1 Å². The Bertz CT molecular complexity index is 764. The molecule has 0 saturated carbocycles. The van der Waals surface area contributed by atoms with E-state index in [-0.39, 0.29) is 17.6 Å². The van der Waals surface area contributed by atoms with Crippen LogP contribution in [0.1, 0.15) is 18.1 Å². The summed E-state index contributed by atoms with van der Waals surface area (Å²) in [6, 6.07) is 5.83. The van der Waals surface area contributed by atoms with Crippen LogP contribution in [0, 0.1) is 13.8 Å². The lowest BCUT2D eigenvalue weighted by Gasteiger charge is -2.15. The van der Waals surface area contributed by atoms with Gasteiger partial charge in [0.15, 0.2) is 10.4 Å². The number of anilines is 1. The lowest BCUT2D eigenvalue weighted by atomic mass is 10.1. The quantitative estimate of drug-likeness (QED) is 0.448. The zero-order valence-corrected chi connectivity index (χ0v) is 16.0. The molecule has 0 radical (unpaired) electrons. The molecule has 0 unspecified atom stereocenters. The number of carbonyl (C=O) groups excluding carboxylic acids is 2. The normalized spacial score (nSPS) is 11.7. The molecule has 25 heavy (non-hydrogen) atoms. The Morgan fingerprint density at radius 2 is 2.08 bits per heavy atom. The molecule has 134 valence electrons. The third kappa shape index (κ3) is 5.71. The van der Waals surface area contributed by atoms with Crippen molar-refractivity contribution in [2.75, 3.05) is 18.2 Å². The van der Waals surface area contributed by atoms with Crippen molar-refractivity contribution < 1.29 is 19.1 Å². The summed E-state index contributed by atoms with van der Waals surface area (Å²) >= 11 is 2.39. The first-order chi connectivity index (χ1) is 11.9. The summed E-state index contributed by atoms with van der Waals surface area (Å²) in [5.74, 6) is 0.155. The predicted octanol–water partition coefficient (Wildman–Crippen LogP) is 2.83. The van der Waals surface area contributed by atoms with E-state index in [0.29, 0.717) is 15.2 Å². The first kappa shape index (κ1) is 19.2. The molecular formula is C16H19N3O4S2. The Balaban J connectivity index is 1.91. The highest BCUT2D eigenvalue weighted by Gasteiger charge is 2.18. The Kier molecular flexibility index (Phi) is 6.77. The van der Waals surface area contributed by atoms with Gasteiger partial charge in [0, 0.05) is 0 Å². The number of thioether (sulfide) groups is 1. The third-order valence-electron chi connectivity index (χ3n) is 3.19. The molecular weight excluding hydrogens is 362 g/mol. The Labute approximate surface area is 154 Å². The zero-order valence-electron chi connectivity index (χ0n) is 14.4. The number of amides is 1. The highest BCUT2D eigenvalue weighted by Crippen LogP contribution is 2.26.